The normalized spacial score (nSPS) is 17.4. The van der Waals surface area contributed by atoms with Gasteiger partial charge in [0.15, 0.2) is 5.78 Å². The molecule has 0 spiro atoms. The number of aromatic nitrogens is 4. The second-order valence-corrected chi connectivity index (χ2v) is 6.28. The first-order valence-corrected chi connectivity index (χ1v) is 8.33. The molecule has 0 fully saturated rings. The Morgan fingerprint density at radius 3 is 3.16 bits per heavy atom. The highest BCUT2D eigenvalue weighted by molar-refractivity contribution is 6.00. The van der Waals surface area contributed by atoms with E-state index in [1.165, 1.54) is 18.0 Å². The Labute approximate surface area is 144 Å². The van der Waals surface area contributed by atoms with Crippen LogP contribution in [0.2, 0.25) is 0 Å². The summed E-state index contributed by atoms with van der Waals surface area (Å²) < 4.78 is 5.37. The third kappa shape index (κ3) is 2.91. The summed E-state index contributed by atoms with van der Waals surface area (Å²) >= 11 is 0. The molecule has 25 heavy (non-hydrogen) atoms. The van der Waals surface area contributed by atoms with Gasteiger partial charge >= 0.3 is 0 Å². The molecule has 4 rings (SSSR count). The van der Waals surface area contributed by atoms with Crippen molar-refractivity contribution >= 4 is 22.4 Å². The second-order valence-electron chi connectivity index (χ2n) is 6.28. The van der Waals surface area contributed by atoms with Gasteiger partial charge in [0.1, 0.15) is 5.65 Å². The third-order valence-corrected chi connectivity index (χ3v) is 4.70. The molecule has 0 aromatic carbocycles. The minimum Gasteiger partial charge on any atom is -0.423 e. The van der Waals surface area contributed by atoms with Crippen molar-refractivity contribution in [2.45, 2.75) is 25.7 Å². The Morgan fingerprint density at radius 2 is 2.36 bits per heavy atom. The van der Waals surface area contributed by atoms with Crippen LogP contribution in [0, 0.1) is 5.92 Å². The van der Waals surface area contributed by atoms with Crippen LogP contribution in [0.25, 0.3) is 28.1 Å². The molecular weight excluding hydrogens is 316 g/mol. The summed E-state index contributed by atoms with van der Waals surface area (Å²) in [6, 6.07) is 2.01. The summed E-state index contributed by atoms with van der Waals surface area (Å²) in [4.78, 5) is 19.3. The van der Waals surface area contributed by atoms with Gasteiger partial charge in [0.25, 0.3) is 0 Å². The summed E-state index contributed by atoms with van der Waals surface area (Å²) in [5.74, 6) is 0.925. The number of H-pyrrole nitrogens is 1. The van der Waals surface area contributed by atoms with Gasteiger partial charge in [-0.25, -0.2) is 4.98 Å². The summed E-state index contributed by atoms with van der Waals surface area (Å²) in [6.07, 6.45) is 12.1. The van der Waals surface area contributed by atoms with E-state index in [4.69, 9.17) is 4.42 Å². The molecule has 6 heteroatoms. The lowest BCUT2D eigenvalue weighted by Crippen LogP contribution is -2.11. The van der Waals surface area contributed by atoms with Crippen molar-refractivity contribution in [3.63, 3.8) is 0 Å². The molecular formula is C19H18N4O2. The minimum atomic E-state index is 0.110. The first-order chi connectivity index (χ1) is 12.3. The first kappa shape index (κ1) is 15.5. The van der Waals surface area contributed by atoms with E-state index >= 15 is 0 Å². The van der Waals surface area contributed by atoms with E-state index in [-0.39, 0.29) is 5.78 Å². The standard InChI is InChI=1S/C19H18N4O2/c1-2-14(24)9-12-4-3-5-13(8-12)15-6-7-20-18-17(15)16(10-21-18)19-23-22-11-25-19/h2,5-7,10-12H,1,3-4,8-9H2,(H,20,21)/t12-/m0/s1. The zero-order valence-electron chi connectivity index (χ0n) is 13.7. The fourth-order valence-corrected chi connectivity index (χ4v) is 3.53. The zero-order valence-corrected chi connectivity index (χ0v) is 13.7. The quantitative estimate of drug-likeness (QED) is 0.714. The predicted molar refractivity (Wildman–Crippen MR) is 94.5 cm³/mol. The molecule has 126 valence electrons. The molecule has 0 saturated carbocycles. The molecule has 0 amide bonds. The molecule has 0 radical (unpaired) electrons. The van der Waals surface area contributed by atoms with Gasteiger partial charge in [-0.15, -0.1) is 10.2 Å². The minimum absolute atomic E-state index is 0.110. The molecule has 0 unspecified atom stereocenters. The van der Waals surface area contributed by atoms with Gasteiger partial charge < -0.3 is 9.40 Å². The number of carbonyl (C=O) groups is 1. The topological polar surface area (TPSA) is 84.7 Å². The zero-order chi connectivity index (χ0) is 17.2. The highest BCUT2D eigenvalue weighted by atomic mass is 16.4. The van der Waals surface area contributed by atoms with Gasteiger partial charge in [-0.2, -0.15) is 0 Å². The van der Waals surface area contributed by atoms with Crippen molar-refractivity contribution in [1.82, 2.24) is 20.2 Å². The molecule has 3 aromatic heterocycles. The Balaban J connectivity index is 1.74. The van der Waals surface area contributed by atoms with Crippen molar-refractivity contribution in [1.29, 1.82) is 0 Å². The van der Waals surface area contributed by atoms with E-state index in [2.05, 4.69) is 32.8 Å². The van der Waals surface area contributed by atoms with Crippen molar-refractivity contribution in [2.24, 2.45) is 5.92 Å². The van der Waals surface area contributed by atoms with Gasteiger partial charge in [-0.1, -0.05) is 12.7 Å². The highest BCUT2D eigenvalue weighted by Gasteiger charge is 2.22. The number of allylic oxidation sites excluding steroid dienone is 3. The summed E-state index contributed by atoms with van der Waals surface area (Å²) in [5.41, 5.74) is 3.98. The number of nitrogens with one attached hydrogen (secondary N) is 1. The molecule has 0 saturated heterocycles. The molecule has 1 atom stereocenters. The van der Waals surface area contributed by atoms with Crippen molar-refractivity contribution in [3.05, 3.63) is 49.1 Å². The largest absolute Gasteiger partial charge is 0.423 e. The van der Waals surface area contributed by atoms with Crippen LogP contribution in [0.5, 0.6) is 0 Å². The summed E-state index contributed by atoms with van der Waals surface area (Å²) in [7, 11) is 0. The van der Waals surface area contributed by atoms with Crippen LogP contribution in [-0.4, -0.2) is 25.9 Å². The maximum atomic E-state index is 11.7. The van der Waals surface area contributed by atoms with Crippen LogP contribution >= 0.6 is 0 Å². The number of hydrogen-bond acceptors (Lipinski definition) is 5. The van der Waals surface area contributed by atoms with Crippen molar-refractivity contribution < 1.29 is 9.21 Å². The number of fused-ring (bicyclic) bond motifs is 1. The molecule has 3 aromatic rings. The summed E-state index contributed by atoms with van der Waals surface area (Å²) in [5, 5.41) is 8.77. The average Bonchev–Trinajstić information content (AvgIpc) is 3.30. The lowest BCUT2D eigenvalue weighted by atomic mass is 9.82. The molecule has 1 N–H and O–H groups in total. The van der Waals surface area contributed by atoms with Gasteiger partial charge in [0.2, 0.25) is 12.3 Å². The van der Waals surface area contributed by atoms with Crippen LogP contribution in [-0.2, 0) is 4.79 Å². The number of ketones is 1. The van der Waals surface area contributed by atoms with E-state index in [1.54, 1.807) is 6.20 Å². The number of carbonyl (C=O) groups excluding carboxylic acids is 1. The van der Waals surface area contributed by atoms with Crippen LogP contribution in [0.4, 0.5) is 0 Å². The molecule has 0 aliphatic heterocycles. The number of hydrogen-bond donors (Lipinski definition) is 1. The number of nitrogens with zero attached hydrogens (tertiary/aromatic N) is 3. The molecule has 6 nitrogen and oxygen atoms in total. The van der Waals surface area contributed by atoms with Gasteiger partial charge in [-0.3, -0.25) is 4.79 Å². The predicted octanol–water partition coefficient (Wildman–Crippen LogP) is 3.94. The van der Waals surface area contributed by atoms with Gasteiger partial charge in [0.05, 0.1) is 5.56 Å². The molecule has 1 aliphatic rings. The van der Waals surface area contributed by atoms with Crippen molar-refractivity contribution in [2.75, 3.05) is 0 Å². The van der Waals surface area contributed by atoms with E-state index in [0.29, 0.717) is 18.2 Å². The fraction of sp³-hybridized carbons (Fsp3) is 0.263. The molecule has 1 aliphatic carbocycles. The molecule has 0 bridgehead atoms. The van der Waals surface area contributed by atoms with Gasteiger partial charge in [-0.05, 0) is 48.5 Å². The average molecular weight is 334 g/mol. The fourth-order valence-electron chi connectivity index (χ4n) is 3.53. The Morgan fingerprint density at radius 1 is 1.44 bits per heavy atom. The number of rotatable bonds is 5. The Hall–Kier alpha value is -3.02. The number of pyridine rings is 1. The monoisotopic (exact) mass is 334 g/mol. The lowest BCUT2D eigenvalue weighted by Gasteiger charge is -2.22. The van der Waals surface area contributed by atoms with Crippen molar-refractivity contribution in [3.8, 4) is 11.5 Å². The summed E-state index contributed by atoms with van der Waals surface area (Å²) in [6.45, 7) is 3.58. The third-order valence-electron chi connectivity index (χ3n) is 4.70. The number of aromatic amines is 1. The maximum absolute atomic E-state index is 11.7. The SMILES string of the molecule is C=CC(=O)C[C@H]1CCC=C(c2ccnc3[nH]cc(-c4nnco4)c23)C1. The molecule has 3 heterocycles. The van der Waals surface area contributed by atoms with E-state index in [0.717, 1.165) is 41.4 Å². The second kappa shape index (κ2) is 6.47. The Bertz CT molecular complexity index is 953. The smallest absolute Gasteiger partial charge is 0.249 e. The highest BCUT2D eigenvalue weighted by Crippen LogP contribution is 2.38. The van der Waals surface area contributed by atoms with Gasteiger partial charge in [0, 0.05) is 24.2 Å². The van der Waals surface area contributed by atoms with E-state index < -0.39 is 0 Å². The maximum Gasteiger partial charge on any atom is 0.249 e. The van der Waals surface area contributed by atoms with E-state index in [9.17, 15) is 4.79 Å². The van der Waals surface area contributed by atoms with Crippen LogP contribution in [0.3, 0.4) is 0 Å². The van der Waals surface area contributed by atoms with Crippen LogP contribution in [0.1, 0.15) is 31.2 Å². The lowest BCUT2D eigenvalue weighted by molar-refractivity contribution is -0.115. The van der Waals surface area contributed by atoms with E-state index in [1.807, 2.05) is 12.3 Å². The first-order valence-electron chi connectivity index (χ1n) is 8.33. The van der Waals surface area contributed by atoms with Crippen LogP contribution in [0.15, 0.2) is 48.0 Å². The van der Waals surface area contributed by atoms with Crippen LogP contribution < -0.4 is 0 Å². The Kier molecular flexibility index (Phi) is 4.01.